The molecule has 1 N–H and O–H groups in total. The summed E-state index contributed by atoms with van der Waals surface area (Å²) in [4.78, 5) is 15.8. The topological polar surface area (TPSA) is 51.3 Å². The number of halogens is 1. The first kappa shape index (κ1) is 26.6. The fourth-order valence-electron chi connectivity index (χ4n) is 4.39. The summed E-state index contributed by atoms with van der Waals surface area (Å²) in [6.07, 6.45) is 0.776. The second-order valence-electron chi connectivity index (χ2n) is 8.94. The number of hydrogen-bond acceptors (Lipinski definition) is 7. The summed E-state index contributed by atoms with van der Waals surface area (Å²) in [6, 6.07) is 13.9. The van der Waals surface area contributed by atoms with Gasteiger partial charge in [0.15, 0.2) is 0 Å². The van der Waals surface area contributed by atoms with E-state index >= 15 is 0 Å². The molecule has 3 rings (SSSR count). The molecule has 0 aromatic heterocycles. The molecule has 8 heteroatoms. The molecule has 35 heavy (non-hydrogen) atoms. The predicted octanol–water partition coefficient (Wildman–Crippen LogP) is 3.85. The van der Waals surface area contributed by atoms with Gasteiger partial charge in [-0.3, -0.25) is 9.91 Å². The van der Waals surface area contributed by atoms with Crippen molar-refractivity contribution in [3.05, 3.63) is 88.9 Å². The quantitative estimate of drug-likeness (QED) is 0.473. The van der Waals surface area contributed by atoms with Gasteiger partial charge in [-0.15, -0.1) is 0 Å². The number of nitrogens with zero attached hydrogens (tertiary/aromatic N) is 4. The molecule has 0 radical (unpaired) electrons. The smallest absolute Gasteiger partial charge is 0.139 e. The van der Waals surface area contributed by atoms with E-state index in [0.29, 0.717) is 19.6 Å². The van der Waals surface area contributed by atoms with Crippen molar-refractivity contribution in [3.63, 3.8) is 0 Å². The third kappa shape index (κ3) is 6.78. The molecule has 1 saturated heterocycles. The molecule has 188 valence electrons. The Labute approximate surface area is 214 Å². The van der Waals surface area contributed by atoms with Gasteiger partial charge >= 0.3 is 0 Å². The molecule has 1 fully saturated rings. The van der Waals surface area contributed by atoms with Crippen molar-refractivity contribution in [2.75, 3.05) is 40.8 Å². The summed E-state index contributed by atoms with van der Waals surface area (Å²) < 4.78 is 5.25. The first-order valence-corrected chi connectivity index (χ1v) is 12.0. The monoisotopic (exact) mass is 497 g/mol. The maximum atomic E-state index is 11.5. The highest BCUT2D eigenvalue weighted by Gasteiger charge is 2.35. The van der Waals surface area contributed by atoms with Crippen LogP contribution in [-0.2, 0) is 17.9 Å². The molecule has 1 atom stereocenters. The van der Waals surface area contributed by atoms with Gasteiger partial charge in [-0.2, -0.15) is 0 Å². The van der Waals surface area contributed by atoms with E-state index in [1.807, 2.05) is 43.4 Å². The molecule has 1 aliphatic heterocycles. The molecule has 7 nitrogen and oxygen atoms in total. The minimum Gasteiger partial charge on any atom is -0.497 e. The molecule has 1 unspecified atom stereocenters. The van der Waals surface area contributed by atoms with Crippen molar-refractivity contribution in [3.8, 4) is 5.75 Å². The van der Waals surface area contributed by atoms with Crippen molar-refractivity contribution in [1.29, 1.82) is 0 Å². The molecular formula is C27H36ClN5O2. The highest BCUT2D eigenvalue weighted by molar-refractivity contribution is 6.30. The number of carbonyl (C=O) groups excluding carboxylic acids is 1. The van der Waals surface area contributed by atoms with Gasteiger partial charge in [0.1, 0.15) is 24.0 Å². The Morgan fingerprint density at radius 1 is 1.29 bits per heavy atom. The zero-order valence-electron chi connectivity index (χ0n) is 21.1. The number of benzene rings is 2. The van der Waals surface area contributed by atoms with Crippen molar-refractivity contribution in [2.45, 2.75) is 26.2 Å². The number of likely N-dealkylation sites (N-methyl/N-ethyl adjacent to an activating group) is 2. The van der Waals surface area contributed by atoms with Crippen molar-refractivity contribution in [2.24, 2.45) is 0 Å². The molecular weight excluding hydrogens is 462 g/mol. The summed E-state index contributed by atoms with van der Waals surface area (Å²) in [5.41, 5.74) is 4.39. The molecule has 0 spiro atoms. The maximum absolute atomic E-state index is 11.5. The average molecular weight is 498 g/mol. The lowest BCUT2D eigenvalue weighted by atomic mass is 10.1. The van der Waals surface area contributed by atoms with Gasteiger partial charge in [0.25, 0.3) is 0 Å². The number of hydrazine groups is 1. The molecule has 1 aliphatic rings. The van der Waals surface area contributed by atoms with Gasteiger partial charge in [-0.1, -0.05) is 43.0 Å². The highest BCUT2D eigenvalue weighted by Crippen LogP contribution is 2.25. The SMILES string of the molecule is C=C1CN(C)N(C(=C)NCc2ccc(OC)cc2)C(CN(C)Cc2ccc(Cl)cc2C)N1CC=O. The fourth-order valence-corrected chi connectivity index (χ4v) is 4.62. The van der Waals surface area contributed by atoms with E-state index in [-0.39, 0.29) is 12.7 Å². The Morgan fingerprint density at radius 3 is 2.63 bits per heavy atom. The number of aryl methyl sites for hydroxylation is 1. The minimum atomic E-state index is -0.153. The van der Waals surface area contributed by atoms with Crippen LogP contribution in [0.25, 0.3) is 0 Å². The lowest BCUT2D eigenvalue weighted by Crippen LogP contribution is -2.64. The number of rotatable bonds is 11. The van der Waals surface area contributed by atoms with Gasteiger partial charge in [0.2, 0.25) is 0 Å². The van der Waals surface area contributed by atoms with Crippen LogP contribution >= 0.6 is 11.6 Å². The first-order chi connectivity index (χ1) is 16.7. The van der Waals surface area contributed by atoms with Crippen LogP contribution in [-0.4, -0.2) is 73.1 Å². The second kappa shape index (κ2) is 12.1. The van der Waals surface area contributed by atoms with Crippen LogP contribution in [0, 0.1) is 6.92 Å². The zero-order valence-corrected chi connectivity index (χ0v) is 21.9. The Morgan fingerprint density at radius 2 is 2.00 bits per heavy atom. The van der Waals surface area contributed by atoms with E-state index < -0.39 is 0 Å². The number of methoxy groups -OCH3 is 1. The van der Waals surface area contributed by atoms with Crippen LogP contribution in [0.1, 0.15) is 16.7 Å². The fraction of sp³-hybridized carbons (Fsp3) is 0.370. The number of carbonyl (C=O) groups is 1. The highest BCUT2D eigenvalue weighted by atomic mass is 35.5. The number of nitrogens with one attached hydrogen (secondary N) is 1. The predicted molar refractivity (Wildman–Crippen MR) is 142 cm³/mol. The number of ether oxygens (including phenoxy) is 1. The molecule has 2 aromatic carbocycles. The molecule has 0 amide bonds. The van der Waals surface area contributed by atoms with Crippen LogP contribution in [0.3, 0.4) is 0 Å². The number of hydrogen-bond donors (Lipinski definition) is 1. The van der Waals surface area contributed by atoms with Crippen LogP contribution in [0.2, 0.25) is 5.02 Å². The third-order valence-electron chi connectivity index (χ3n) is 6.25. The van der Waals surface area contributed by atoms with E-state index in [9.17, 15) is 4.79 Å². The molecule has 0 bridgehead atoms. The largest absolute Gasteiger partial charge is 0.497 e. The Bertz CT molecular complexity index is 1040. The Hall–Kier alpha value is -3.00. The summed E-state index contributed by atoms with van der Waals surface area (Å²) in [5, 5.41) is 8.41. The normalized spacial score (nSPS) is 16.5. The second-order valence-corrected chi connectivity index (χ2v) is 9.38. The van der Waals surface area contributed by atoms with Gasteiger partial charge in [0, 0.05) is 37.4 Å². The first-order valence-electron chi connectivity index (χ1n) is 11.6. The number of aldehydes is 1. The van der Waals surface area contributed by atoms with E-state index in [1.54, 1.807) is 7.11 Å². The van der Waals surface area contributed by atoms with E-state index in [2.05, 4.69) is 58.3 Å². The lowest BCUT2D eigenvalue weighted by molar-refractivity contribution is -0.122. The van der Waals surface area contributed by atoms with Crippen molar-refractivity contribution in [1.82, 2.24) is 25.1 Å². The van der Waals surface area contributed by atoms with Crippen LogP contribution in [0.15, 0.2) is 67.1 Å². The zero-order chi connectivity index (χ0) is 25.5. The van der Waals surface area contributed by atoms with Crippen molar-refractivity contribution < 1.29 is 9.53 Å². The van der Waals surface area contributed by atoms with Gasteiger partial charge in [-0.25, -0.2) is 5.01 Å². The summed E-state index contributed by atoms with van der Waals surface area (Å²) in [6.45, 7) is 13.6. The van der Waals surface area contributed by atoms with Crippen LogP contribution < -0.4 is 10.1 Å². The van der Waals surface area contributed by atoms with Gasteiger partial charge < -0.3 is 19.7 Å². The molecule has 2 aromatic rings. The van der Waals surface area contributed by atoms with Crippen LogP contribution in [0.5, 0.6) is 5.75 Å². The Kier molecular flexibility index (Phi) is 9.20. The van der Waals surface area contributed by atoms with E-state index in [4.69, 9.17) is 16.3 Å². The third-order valence-corrected chi connectivity index (χ3v) is 6.49. The minimum absolute atomic E-state index is 0.153. The Balaban J connectivity index is 1.77. The summed E-state index contributed by atoms with van der Waals surface area (Å²) in [5.74, 6) is 1.58. The van der Waals surface area contributed by atoms with Crippen molar-refractivity contribution >= 4 is 17.9 Å². The molecule has 0 saturated carbocycles. The van der Waals surface area contributed by atoms with E-state index in [0.717, 1.165) is 46.2 Å². The average Bonchev–Trinajstić information content (AvgIpc) is 2.82. The lowest BCUT2D eigenvalue weighted by Gasteiger charge is -2.52. The van der Waals surface area contributed by atoms with Gasteiger partial charge in [0.05, 0.1) is 20.2 Å². The standard InChI is InChI=1S/C27H36ClN5O2/c1-20-15-25(28)10-9-24(20)18-30(4)19-27-32(13-14-34)21(2)17-31(5)33(27)22(3)29-16-23-7-11-26(35-6)12-8-23/h7-12,14-15,27,29H,2-3,13,16-19H2,1,4-6H3. The molecule has 0 aliphatic carbocycles. The summed E-state index contributed by atoms with van der Waals surface area (Å²) in [7, 11) is 5.75. The van der Waals surface area contributed by atoms with E-state index in [1.165, 1.54) is 5.56 Å². The van der Waals surface area contributed by atoms with Crippen LogP contribution in [0.4, 0.5) is 0 Å². The molecule has 1 heterocycles. The van der Waals surface area contributed by atoms with Gasteiger partial charge in [-0.05, 0) is 54.9 Å². The summed E-state index contributed by atoms with van der Waals surface area (Å²) >= 11 is 6.14. The maximum Gasteiger partial charge on any atom is 0.139 e.